The Morgan fingerprint density at radius 2 is 1.63 bits per heavy atom. The number of hydrogen-bond donors (Lipinski definition) is 1. The molecule has 19 heavy (non-hydrogen) atoms. The maximum Gasteiger partial charge on any atom is 0.162 e. The Balaban J connectivity index is 2.07. The van der Waals surface area contributed by atoms with Crippen LogP contribution in [0.5, 0.6) is 11.5 Å². The third-order valence-electron chi connectivity index (χ3n) is 2.92. The van der Waals surface area contributed by atoms with E-state index in [1.807, 2.05) is 30.3 Å². The second-order valence-electron chi connectivity index (χ2n) is 4.07. The lowest BCUT2D eigenvalue weighted by Crippen LogP contribution is -2.01. The topological polar surface area (TPSA) is 30.5 Å². The van der Waals surface area contributed by atoms with E-state index in [0.29, 0.717) is 5.75 Å². The molecule has 98 valence electrons. The van der Waals surface area contributed by atoms with Crippen molar-refractivity contribution in [3.05, 3.63) is 35.4 Å². The summed E-state index contributed by atoms with van der Waals surface area (Å²) in [5.41, 5.74) is 2.01. The molecular formula is C14H12ClNO2S. The van der Waals surface area contributed by atoms with E-state index in [9.17, 15) is 0 Å². The monoisotopic (exact) mass is 293 g/mol. The van der Waals surface area contributed by atoms with Gasteiger partial charge in [0, 0.05) is 26.9 Å². The van der Waals surface area contributed by atoms with Crippen molar-refractivity contribution in [2.75, 3.05) is 19.5 Å². The standard InChI is InChI=1S/C14H12ClNO2S/c1-17-11-6-10-14(7-12(11)18-2)19-13-4-3-8(15)5-9(13)16-10/h3-7,16H,1-2H3. The molecule has 0 unspecified atom stereocenters. The normalized spacial score (nSPS) is 12.2. The van der Waals surface area contributed by atoms with Gasteiger partial charge in [-0.25, -0.2) is 0 Å². The van der Waals surface area contributed by atoms with Crippen LogP contribution in [0, 0.1) is 0 Å². The summed E-state index contributed by atoms with van der Waals surface area (Å²) in [6.07, 6.45) is 0. The number of anilines is 2. The van der Waals surface area contributed by atoms with Crippen LogP contribution in [0.2, 0.25) is 5.02 Å². The molecule has 3 nitrogen and oxygen atoms in total. The van der Waals surface area contributed by atoms with Gasteiger partial charge in [0.25, 0.3) is 0 Å². The van der Waals surface area contributed by atoms with Crippen molar-refractivity contribution in [1.82, 2.24) is 0 Å². The number of rotatable bonds is 2. The molecule has 3 rings (SSSR count). The predicted octanol–water partition coefficient (Wildman–Crippen LogP) is 4.57. The van der Waals surface area contributed by atoms with Gasteiger partial charge in [-0.1, -0.05) is 23.4 Å². The van der Waals surface area contributed by atoms with E-state index in [1.54, 1.807) is 26.0 Å². The number of halogens is 1. The maximum atomic E-state index is 6.02. The van der Waals surface area contributed by atoms with E-state index in [1.165, 1.54) is 0 Å². The van der Waals surface area contributed by atoms with Crippen LogP contribution in [0.1, 0.15) is 0 Å². The zero-order valence-electron chi connectivity index (χ0n) is 10.5. The van der Waals surface area contributed by atoms with Crippen LogP contribution in [-0.2, 0) is 0 Å². The van der Waals surface area contributed by atoms with Crippen molar-refractivity contribution in [3.63, 3.8) is 0 Å². The van der Waals surface area contributed by atoms with Crippen LogP contribution >= 0.6 is 23.4 Å². The maximum absolute atomic E-state index is 6.02. The smallest absolute Gasteiger partial charge is 0.162 e. The Morgan fingerprint density at radius 1 is 0.947 bits per heavy atom. The lowest BCUT2D eigenvalue weighted by Gasteiger charge is -2.22. The van der Waals surface area contributed by atoms with E-state index in [4.69, 9.17) is 21.1 Å². The predicted molar refractivity (Wildman–Crippen MR) is 78.4 cm³/mol. The van der Waals surface area contributed by atoms with Crippen molar-refractivity contribution in [1.29, 1.82) is 0 Å². The summed E-state index contributed by atoms with van der Waals surface area (Å²) in [7, 11) is 3.27. The van der Waals surface area contributed by atoms with E-state index < -0.39 is 0 Å². The number of nitrogens with one attached hydrogen (secondary N) is 1. The van der Waals surface area contributed by atoms with Gasteiger partial charge in [0.1, 0.15) is 0 Å². The number of methoxy groups -OCH3 is 2. The van der Waals surface area contributed by atoms with Gasteiger partial charge in [-0.15, -0.1) is 0 Å². The van der Waals surface area contributed by atoms with Crippen molar-refractivity contribution >= 4 is 34.7 Å². The highest BCUT2D eigenvalue weighted by molar-refractivity contribution is 7.99. The van der Waals surface area contributed by atoms with Crippen LogP contribution in [0.4, 0.5) is 11.4 Å². The van der Waals surface area contributed by atoms with Gasteiger partial charge in [-0.05, 0) is 18.2 Å². The molecule has 5 heteroatoms. The first-order valence-corrected chi connectivity index (χ1v) is 6.91. The van der Waals surface area contributed by atoms with Gasteiger partial charge in [0.05, 0.1) is 25.6 Å². The zero-order valence-corrected chi connectivity index (χ0v) is 12.1. The average molecular weight is 294 g/mol. The molecule has 1 N–H and O–H groups in total. The molecule has 1 heterocycles. The summed E-state index contributed by atoms with van der Waals surface area (Å²) < 4.78 is 10.6. The van der Waals surface area contributed by atoms with Gasteiger partial charge in [0.2, 0.25) is 0 Å². The summed E-state index contributed by atoms with van der Waals surface area (Å²) in [6.45, 7) is 0. The molecule has 2 aromatic carbocycles. The highest BCUT2D eigenvalue weighted by atomic mass is 35.5. The average Bonchev–Trinajstić information content (AvgIpc) is 2.43. The quantitative estimate of drug-likeness (QED) is 0.750. The summed E-state index contributed by atoms with van der Waals surface area (Å²) in [4.78, 5) is 2.25. The van der Waals surface area contributed by atoms with Crippen molar-refractivity contribution in [2.45, 2.75) is 9.79 Å². The number of hydrogen-bond acceptors (Lipinski definition) is 4. The first-order chi connectivity index (χ1) is 9.21. The van der Waals surface area contributed by atoms with Gasteiger partial charge >= 0.3 is 0 Å². The minimum absolute atomic E-state index is 0.708. The number of ether oxygens (including phenoxy) is 2. The lowest BCUT2D eigenvalue weighted by molar-refractivity contribution is 0.354. The summed E-state index contributed by atoms with van der Waals surface area (Å²) in [5.74, 6) is 1.44. The Hall–Kier alpha value is -1.52. The fraction of sp³-hybridized carbons (Fsp3) is 0.143. The first-order valence-electron chi connectivity index (χ1n) is 5.71. The molecule has 2 aromatic rings. The summed E-state index contributed by atoms with van der Waals surface area (Å²) in [6, 6.07) is 9.73. The highest BCUT2D eigenvalue weighted by Gasteiger charge is 2.19. The second kappa shape index (κ2) is 4.87. The molecule has 0 bridgehead atoms. The van der Waals surface area contributed by atoms with E-state index in [2.05, 4.69) is 5.32 Å². The Kier molecular flexibility index (Phi) is 3.21. The highest BCUT2D eigenvalue weighted by Crippen LogP contribution is 2.48. The molecule has 0 aromatic heterocycles. The van der Waals surface area contributed by atoms with Crippen LogP contribution in [0.15, 0.2) is 40.1 Å². The largest absolute Gasteiger partial charge is 0.493 e. The molecule has 1 aliphatic heterocycles. The summed E-state index contributed by atoms with van der Waals surface area (Å²) in [5, 5.41) is 4.08. The molecule has 0 atom stereocenters. The lowest BCUT2D eigenvalue weighted by atomic mass is 10.2. The molecule has 0 saturated heterocycles. The summed E-state index contributed by atoms with van der Waals surface area (Å²) >= 11 is 7.70. The van der Waals surface area contributed by atoms with Crippen molar-refractivity contribution in [2.24, 2.45) is 0 Å². The van der Waals surface area contributed by atoms with Gasteiger partial charge in [-0.2, -0.15) is 0 Å². The van der Waals surface area contributed by atoms with Gasteiger partial charge in [0.15, 0.2) is 11.5 Å². The Labute approximate surface area is 120 Å². The van der Waals surface area contributed by atoms with E-state index in [0.717, 1.165) is 31.9 Å². The van der Waals surface area contributed by atoms with Crippen molar-refractivity contribution in [3.8, 4) is 11.5 Å². The van der Waals surface area contributed by atoms with Crippen molar-refractivity contribution < 1.29 is 9.47 Å². The SMILES string of the molecule is COc1cc2c(cc1OC)Sc1ccc(Cl)cc1N2. The Morgan fingerprint density at radius 3 is 2.37 bits per heavy atom. The molecule has 0 radical (unpaired) electrons. The zero-order chi connectivity index (χ0) is 13.4. The van der Waals surface area contributed by atoms with E-state index in [-0.39, 0.29) is 0 Å². The molecule has 0 saturated carbocycles. The molecule has 1 aliphatic rings. The molecule has 0 fully saturated rings. The van der Waals surface area contributed by atoms with Crippen LogP contribution in [0.3, 0.4) is 0 Å². The second-order valence-corrected chi connectivity index (χ2v) is 5.59. The van der Waals surface area contributed by atoms with Gasteiger partial charge in [-0.3, -0.25) is 0 Å². The number of fused-ring (bicyclic) bond motifs is 2. The third kappa shape index (κ3) is 2.22. The third-order valence-corrected chi connectivity index (χ3v) is 4.29. The van der Waals surface area contributed by atoms with Gasteiger partial charge < -0.3 is 14.8 Å². The fourth-order valence-electron chi connectivity index (χ4n) is 1.99. The first kappa shape index (κ1) is 12.5. The minimum Gasteiger partial charge on any atom is -0.493 e. The molecule has 0 spiro atoms. The van der Waals surface area contributed by atoms with Crippen LogP contribution in [-0.4, -0.2) is 14.2 Å². The molecular weight excluding hydrogens is 282 g/mol. The minimum atomic E-state index is 0.708. The fourth-order valence-corrected chi connectivity index (χ4v) is 3.15. The van der Waals surface area contributed by atoms with E-state index >= 15 is 0 Å². The number of benzene rings is 2. The van der Waals surface area contributed by atoms with Crippen LogP contribution < -0.4 is 14.8 Å². The molecule has 0 aliphatic carbocycles. The Bertz CT molecular complexity index is 646. The molecule has 0 amide bonds. The van der Waals surface area contributed by atoms with Crippen LogP contribution in [0.25, 0.3) is 0 Å².